The highest BCUT2D eigenvalue weighted by atomic mass is 16.5. The smallest absolute Gasteiger partial charge is 0.246 e. The van der Waals surface area contributed by atoms with Gasteiger partial charge in [-0.25, -0.2) is 0 Å². The highest BCUT2D eigenvalue weighted by molar-refractivity contribution is 5.80. The van der Waals surface area contributed by atoms with E-state index < -0.39 is 0 Å². The molecule has 0 saturated carbocycles. The van der Waals surface area contributed by atoms with Crippen LogP contribution in [0.15, 0.2) is 53.1 Å². The maximum atomic E-state index is 13.7. The molecule has 180 valence electrons. The first-order valence-electron chi connectivity index (χ1n) is 12.1. The molecule has 0 aliphatic carbocycles. The van der Waals surface area contributed by atoms with Gasteiger partial charge in [-0.3, -0.25) is 4.79 Å². The number of ether oxygens (including phenoxy) is 1. The molecule has 0 radical (unpaired) electrons. The first-order chi connectivity index (χ1) is 16.5. The van der Waals surface area contributed by atoms with Crippen molar-refractivity contribution in [1.29, 1.82) is 0 Å². The Balaban J connectivity index is 1.47. The average molecular weight is 463 g/mol. The molecule has 1 aliphatic heterocycles. The number of nitrogens with zero attached hydrogens (tertiary/aromatic N) is 4. The molecule has 2 atom stereocenters. The summed E-state index contributed by atoms with van der Waals surface area (Å²) < 4.78 is 10.8. The molecule has 1 saturated heterocycles. The highest BCUT2D eigenvalue weighted by Gasteiger charge is 2.32. The van der Waals surface area contributed by atoms with Gasteiger partial charge in [-0.15, -0.1) is 0 Å². The molecular weight excluding hydrogens is 428 g/mol. The van der Waals surface area contributed by atoms with E-state index in [0.29, 0.717) is 18.3 Å². The first-order valence-corrected chi connectivity index (χ1v) is 12.1. The minimum atomic E-state index is -0.0481. The minimum Gasteiger partial charge on any atom is -0.497 e. The van der Waals surface area contributed by atoms with Gasteiger partial charge in [0.05, 0.1) is 13.0 Å². The molecule has 0 unspecified atom stereocenters. The van der Waals surface area contributed by atoms with Crippen LogP contribution >= 0.6 is 0 Å². The molecular formula is C27H34N4O3. The number of aryl methyl sites for hydroxylation is 1. The lowest BCUT2D eigenvalue weighted by atomic mass is 9.95. The molecule has 7 heteroatoms. The molecule has 1 fully saturated rings. The number of hydrogen-bond acceptors (Lipinski definition) is 6. The largest absolute Gasteiger partial charge is 0.497 e. The molecule has 0 bridgehead atoms. The minimum absolute atomic E-state index is 0.0481. The molecule has 2 heterocycles. The molecule has 1 aromatic heterocycles. The molecule has 1 amide bonds. The quantitative estimate of drug-likeness (QED) is 0.464. The maximum Gasteiger partial charge on any atom is 0.246 e. The van der Waals surface area contributed by atoms with Crippen molar-refractivity contribution in [3.63, 3.8) is 0 Å². The van der Waals surface area contributed by atoms with Crippen molar-refractivity contribution in [3.8, 4) is 17.1 Å². The molecule has 34 heavy (non-hydrogen) atoms. The van der Waals surface area contributed by atoms with Crippen molar-refractivity contribution < 1.29 is 14.1 Å². The molecule has 1 aliphatic rings. The molecule has 3 aromatic rings. The van der Waals surface area contributed by atoms with Gasteiger partial charge >= 0.3 is 0 Å². The van der Waals surface area contributed by atoms with E-state index in [1.165, 1.54) is 11.3 Å². The van der Waals surface area contributed by atoms with Crippen molar-refractivity contribution >= 4 is 11.6 Å². The van der Waals surface area contributed by atoms with Crippen LogP contribution in [0, 0.1) is 12.8 Å². The third kappa shape index (κ3) is 5.41. The van der Waals surface area contributed by atoms with Crippen LogP contribution in [0.1, 0.15) is 44.6 Å². The van der Waals surface area contributed by atoms with Gasteiger partial charge in [0.15, 0.2) is 0 Å². The van der Waals surface area contributed by atoms with Crippen LogP contribution in [0.2, 0.25) is 0 Å². The zero-order chi connectivity index (χ0) is 24.1. The fourth-order valence-electron chi connectivity index (χ4n) is 4.40. The van der Waals surface area contributed by atoms with Gasteiger partial charge in [0.25, 0.3) is 0 Å². The predicted octanol–water partition coefficient (Wildman–Crippen LogP) is 5.10. The summed E-state index contributed by atoms with van der Waals surface area (Å²) in [6.45, 7) is 8.30. The SMILES string of the molecule is CC[C@H](C)N(Cc1nc(-c2ccc(OC)cc2)no1)C(=O)[C@H]1CCCN(c2ccc(C)cc2)C1. The molecule has 0 N–H and O–H groups in total. The Morgan fingerprint density at radius 3 is 2.62 bits per heavy atom. The summed E-state index contributed by atoms with van der Waals surface area (Å²) in [6, 6.07) is 16.1. The van der Waals surface area contributed by atoms with E-state index in [2.05, 4.69) is 60.1 Å². The second kappa shape index (κ2) is 10.7. The lowest BCUT2D eigenvalue weighted by molar-refractivity contribution is -0.139. The molecule has 0 spiro atoms. The number of amides is 1. The fraction of sp³-hybridized carbons (Fsp3) is 0.444. The lowest BCUT2D eigenvalue weighted by Gasteiger charge is -2.37. The normalized spacial score (nSPS) is 16.8. The highest BCUT2D eigenvalue weighted by Crippen LogP contribution is 2.27. The summed E-state index contributed by atoms with van der Waals surface area (Å²) in [5, 5.41) is 4.14. The summed E-state index contributed by atoms with van der Waals surface area (Å²) in [5.41, 5.74) is 3.27. The number of rotatable bonds is 8. The van der Waals surface area contributed by atoms with Crippen LogP contribution in [-0.2, 0) is 11.3 Å². The van der Waals surface area contributed by atoms with Crippen LogP contribution in [0.4, 0.5) is 5.69 Å². The van der Waals surface area contributed by atoms with E-state index in [4.69, 9.17) is 9.26 Å². The van der Waals surface area contributed by atoms with Gasteiger partial charge < -0.3 is 19.1 Å². The van der Waals surface area contributed by atoms with Crippen LogP contribution in [0.5, 0.6) is 5.75 Å². The van der Waals surface area contributed by atoms with E-state index in [9.17, 15) is 4.79 Å². The van der Waals surface area contributed by atoms with Crippen molar-refractivity contribution in [2.75, 3.05) is 25.1 Å². The van der Waals surface area contributed by atoms with Gasteiger partial charge in [-0.05, 0) is 69.5 Å². The fourth-order valence-corrected chi connectivity index (χ4v) is 4.40. The van der Waals surface area contributed by atoms with Crippen LogP contribution in [0.3, 0.4) is 0 Å². The van der Waals surface area contributed by atoms with Gasteiger partial charge in [0, 0.05) is 30.4 Å². The van der Waals surface area contributed by atoms with Crippen LogP contribution in [0.25, 0.3) is 11.4 Å². The standard InChI is InChI=1S/C27H34N4O3/c1-5-20(3)31(18-25-28-26(29-34-25)21-10-14-24(33-4)15-11-21)27(32)22-7-6-16-30(17-22)23-12-8-19(2)9-13-23/h8-15,20,22H,5-7,16-18H2,1-4H3/t20-,22-/m0/s1. The van der Waals surface area contributed by atoms with E-state index in [-0.39, 0.29) is 17.9 Å². The van der Waals surface area contributed by atoms with Crippen molar-refractivity contribution in [3.05, 3.63) is 60.0 Å². The van der Waals surface area contributed by atoms with Crippen molar-refractivity contribution in [2.45, 2.75) is 52.6 Å². The zero-order valence-corrected chi connectivity index (χ0v) is 20.5. The molecule has 2 aromatic carbocycles. The summed E-state index contributed by atoms with van der Waals surface area (Å²) in [5.74, 6) is 1.85. The number of carbonyl (C=O) groups excluding carboxylic acids is 1. The monoisotopic (exact) mass is 462 g/mol. The Bertz CT molecular complexity index is 1080. The van der Waals surface area contributed by atoms with Crippen molar-refractivity contribution in [2.24, 2.45) is 5.92 Å². The van der Waals surface area contributed by atoms with Gasteiger partial charge in [-0.1, -0.05) is 29.8 Å². The van der Waals surface area contributed by atoms with E-state index >= 15 is 0 Å². The van der Waals surface area contributed by atoms with Crippen LogP contribution in [-0.4, -0.2) is 47.2 Å². The average Bonchev–Trinajstić information content (AvgIpc) is 3.35. The number of piperidine rings is 1. The number of anilines is 1. The number of benzene rings is 2. The summed E-state index contributed by atoms with van der Waals surface area (Å²) in [7, 11) is 1.63. The second-order valence-electron chi connectivity index (χ2n) is 9.08. The Hall–Kier alpha value is -3.35. The Kier molecular flexibility index (Phi) is 7.50. The van der Waals surface area contributed by atoms with Gasteiger partial charge in [0.2, 0.25) is 17.6 Å². The second-order valence-corrected chi connectivity index (χ2v) is 9.08. The molecule has 4 rings (SSSR count). The lowest BCUT2D eigenvalue weighted by Crippen LogP contribution is -2.47. The van der Waals surface area contributed by atoms with E-state index in [1.54, 1.807) is 7.11 Å². The third-order valence-electron chi connectivity index (χ3n) is 6.70. The van der Waals surface area contributed by atoms with E-state index in [0.717, 1.165) is 43.7 Å². The van der Waals surface area contributed by atoms with Gasteiger partial charge in [-0.2, -0.15) is 4.98 Å². The zero-order valence-electron chi connectivity index (χ0n) is 20.5. The van der Waals surface area contributed by atoms with Gasteiger partial charge in [0.1, 0.15) is 12.3 Å². The van der Waals surface area contributed by atoms with Crippen molar-refractivity contribution in [1.82, 2.24) is 15.0 Å². The Labute approximate surface area is 201 Å². The topological polar surface area (TPSA) is 71.7 Å². The number of carbonyl (C=O) groups is 1. The summed E-state index contributed by atoms with van der Waals surface area (Å²) in [6.07, 6.45) is 2.76. The Morgan fingerprint density at radius 1 is 1.21 bits per heavy atom. The summed E-state index contributed by atoms with van der Waals surface area (Å²) >= 11 is 0. The first kappa shape index (κ1) is 23.8. The number of methoxy groups -OCH3 is 1. The predicted molar refractivity (Wildman–Crippen MR) is 133 cm³/mol. The summed E-state index contributed by atoms with van der Waals surface area (Å²) in [4.78, 5) is 22.5. The third-order valence-corrected chi connectivity index (χ3v) is 6.70. The van der Waals surface area contributed by atoms with E-state index in [1.807, 2.05) is 29.2 Å². The number of aromatic nitrogens is 2. The Morgan fingerprint density at radius 2 is 1.94 bits per heavy atom. The maximum absolute atomic E-state index is 13.7. The van der Waals surface area contributed by atoms with Crippen LogP contribution < -0.4 is 9.64 Å². The number of hydrogen-bond donors (Lipinski definition) is 0. The molecule has 7 nitrogen and oxygen atoms in total.